The summed E-state index contributed by atoms with van der Waals surface area (Å²) < 4.78 is 5.76. The summed E-state index contributed by atoms with van der Waals surface area (Å²) in [6.07, 6.45) is 1.00. The quantitative estimate of drug-likeness (QED) is 0.785. The zero-order chi connectivity index (χ0) is 17.4. The average Bonchev–Trinajstić information content (AvgIpc) is 3.27. The molecule has 1 aromatic heterocycles. The molecule has 0 aliphatic carbocycles. The second-order valence-electron chi connectivity index (χ2n) is 6.72. The van der Waals surface area contributed by atoms with Crippen LogP contribution < -0.4 is 0 Å². The molecule has 4 heteroatoms. The average molecular weight is 335 g/mol. The highest BCUT2D eigenvalue weighted by Crippen LogP contribution is 2.31. The minimum atomic E-state index is -0.681. The van der Waals surface area contributed by atoms with Gasteiger partial charge in [0.25, 0.3) is 5.91 Å². The standard InChI is InChI=1S/C21H21NO3/c1-14-9-10-18-16(12-14)13-19(25-18)21(24)22-11-5-8-17(22)20(23)15-6-3-2-4-7-15/h2-4,6-7,9-10,12-13,17,20,23H,5,8,11H2,1H3. The second-order valence-corrected chi connectivity index (χ2v) is 6.72. The molecule has 0 saturated carbocycles. The topological polar surface area (TPSA) is 53.7 Å². The number of rotatable bonds is 3. The highest BCUT2D eigenvalue weighted by molar-refractivity contribution is 5.96. The maximum absolute atomic E-state index is 13.0. The van der Waals surface area contributed by atoms with Crippen molar-refractivity contribution in [1.29, 1.82) is 0 Å². The molecule has 1 aliphatic heterocycles. The molecule has 1 N–H and O–H groups in total. The molecule has 0 bridgehead atoms. The van der Waals surface area contributed by atoms with E-state index in [4.69, 9.17) is 4.42 Å². The summed E-state index contributed by atoms with van der Waals surface area (Å²) in [7, 11) is 0. The van der Waals surface area contributed by atoms with E-state index in [0.717, 1.165) is 29.4 Å². The Hall–Kier alpha value is -2.59. The number of benzene rings is 2. The highest BCUT2D eigenvalue weighted by atomic mass is 16.3. The summed E-state index contributed by atoms with van der Waals surface area (Å²) in [5.41, 5.74) is 2.69. The van der Waals surface area contributed by atoms with Gasteiger partial charge in [-0.1, -0.05) is 42.0 Å². The summed E-state index contributed by atoms with van der Waals surface area (Å²) in [4.78, 5) is 14.7. The third-order valence-corrected chi connectivity index (χ3v) is 4.95. The van der Waals surface area contributed by atoms with Crippen molar-refractivity contribution in [1.82, 2.24) is 4.90 Å². The predicted molar refractivity (Wildman–Crippen MR) is 96.4 cm³/mol. The van der Waals surface area contributed by atoms with Crippen molar-refractivity contribution in [3.63, 3.8) is 0 Å². The van der Waals surface area contributed by atoms with Crippen LogP contribution >= 0.6 is 0 Å². The molecule has 2 atom stereocenters. The van der Waals surface area contributed by atoms with E-state index in [0.29, 0.717) is 17.9 Å². The van der Waals surface area contributed by atoms with Crippen molar-refractivity contribution >= 4 is 16.9 Å². The molecule has 2 unspecified atom stereocenters. The van der Waals surface area contributed by atoms with E-state index < -0.39 is 6.10 Å². The van der Waals surface area contributed by atoms with E-state index >= 15 is 0 Å². The van der Waals surface area contributed by atoms with Crippen molar-refractivity contribution in [2.24, 2.45) is 0 Å². The van der Waals surface area contributed by atoms with Crippen LogP contribution in [-0.2, 0) is 0 Å². The molecule has 1 saturated heterocycles. The Balaban J connectivity index is 1.61. The van der Waals surface area contributed by atoms with Gasteiger partial charge < -0.3 is 14.4 Å². The highest BCUT2D eigenvalue weighted by Gasteiger charge is 2.36. The lowest BCUT2D eigenvalue weighted by molar-refractivity contribution is 0.0463. The number of aryl methyl sites for hydroxylation is 1. The third kappa shape index (κ3) is 2.94. The molecule has 1 aliphatic rings. The first-order valence-electron chi connectivity index (χ1n) is 8.67. The molecule has 1 amide bonds. The van der Waals surface area contributed by atoms with Crippen molar-refractivity contribution in [2.75, 3.05) is 6.54 Å². The monoisotopic (exact) mass is 335 g/mol. The molecule has 3 aromatic rings. The van der Waals surface area contributed by atoms with E-state index in [1.807, 2.05) is 55.5 Å². The fraction of sp³-hybridized carbons (Fsp3) is 0.286. The molecule has 0 spiro atoms. The largest absolute Gasteiger partial charge is 0.451 e. The fourth-order valence-corrected chi connectivity index (χ4v) is 3.65. The number of fused-ring (bicyclic) bond motifs is 1. The number of hydrogen-bond acceptors (Lipinski definition) is 3. The van der Waals surface area contributed by atoms with Crippen LogP contribution in [0.25, 0.3) is 11.0 Å². The van der Waals surface area contributed by atoms with Crippen LogP contribution in [0.5, 0.6) is 0 Å². The fourth-order valence-electron chi connectivity index (χ4n) is 3.65. The zero-order valence-electron chi connectivity index (χ0n) is 14.2. The summed E-state index contributed by atoms with van der Waals surface area (Å²) in [6, 6.07) is 17.0. The summed E-state index contributed by atoms with van der Waals surface area (Å²) in [6.45, 7) is 2.66. The van der Waals surface area contributed by atoms with Crippen LogP contribution in [0.4, 0.5) is 0 Å². The number of carbonyl (C=O) groups excluding carboxylic acids is 1. The zero-order valence-corrected chi connectivity index (χ0v) is 14.2. The van der Waals surface area contributed by atoms with Gasteiger partial charge in [0.05, 0.1) is 12.1 Å². The maximum atomic E-state index is 13.0. The summed E-state index contributed by atoms with van der Waals surface area (Å²) in [5.74, 6) is 0.194. The Morgan fingerprint density at radius 2 is 2.00 bits per heavy atom. The first kappa shape index (κ1) is 15.9. The lowest BCUT2D eigenvalue weighted by atomic mass is 10.0. The van der Waals surface area contributed by atoms with Crippen LogP contribution in [0.2, 0.25) is 0 Å². The van der Waals surface area contributed by atoms with Crippen molar-refractivity contribution in [3.8, 4) is 0 Å². The Morgan fingerprint density at radius 3 is 2.80 bits per heavy atom. The third-order valence-electron chi connectivity index (χ3n) is 4.95. The van der Waals surface area contributed by atoms with Gasteiger partial charge in [0.1, 0.15) is 5.58 Å². The molecule has 1 fully saturated rings. The number of carbonyl (C=O) groups is 1. The molecule has 4 nitrogen and oxygen atoms in total. The number of aliphatic hydroxyl groups is 1. The second kappa shape index (κ2) is 6.37. The number of aliphatic hydroxyl groups excluding tert-OH is 1. The molecule has 0 radical (unpaired) electrons. The van der Waals surface area contributed by atoms with Gasteiger partial charge in [-0.05, 0) is 43.5 Å². The van der Waals surface area contributed by atoms with E-state index in [1.165, 1.54) is 0 Å². The van der Waals surface area contributed by atoms with Crippen LogP contribution in [0, 0.1) is 6.92 Å². The summed E-state index contributed by atoms with van der Waals surface area (Å²) >= 11 is 0. The maximum Gasteiger partial charge on any atom is 0.289 e. The van der Waals surface area contributed by atoms with Gasteiger partial charge in [-0.25, -0.2) is 0 Å². The molecule has 2 aromatic carbocycles. The van der Waals surface area contributed by atoms with Crippen molar-refractivity contribution in [2.45, 2.75) is 31.9 Å². The number of amides is 1. The van der Waals surface area contributed by atoms with Gasteiger partial charge in [0, 0.05) is 11.9 Å². The first-order valence-corrected chi connectivity index (χ1v) is 8.67. The van der Waals surface area contributed by atoms with Crippen LogP contribution in [0.1, 0.15) is 40.6 Å². The molecule has 4 rings (SSSR count). The molecular formula is C21H21NO3. The lowest BCUT2D eigenvalue weighted by Gasteiger charge is -2.28. The Labute approximate surface area is 146 Å². The van der Waals surface area contributed by atoms with Gasteiger partial charge >= 0.3 is 0 Å². The van der Waals surface area contributed by atoms with E-state index in [9.17, 15) is 9.90 Å². The summed E-state index contributed by atoms with van der Waals surface area (Å²) in [5, 5.41) is 11.7. The minimum Gasteiger partial charge on any atom is -0.451 e. The number of hydrogen-bond donors (Lipinski definition) is 1. The van der Waals surface area contributed by atoms with Gasteiger partial charge in [0.2, 0.25) is 0 Å². The van der Waals surface area contributed by atoms with Crippen LogP contribution in [-0.4, -0.2) is 28.5 Å². The minimum absolute atomic E-state index is 0.147. The normalized spacial score (nSPS) is 18.6. The van der Waals surface area contributed by atoms with E-state index in [1.54, 1.807) is 11.0 Å². The van der Waals surface area contributed by atoms with Gasteiger partial charge in [-0.2, -0.15) is 0 Å². The molecule has 128 valence electrons. The molecular weight excluding hydrogens is 314 g/mol. The Morgan fingerprint density at radius 1 is 1.20 bits per heavy atom. The number of furan rings is 1. The van der Waals surface area contributed by atoms with Gasteiger partial charge in [0.15, 0.2) is 5.76 Å². The number of likely N-dealkylation sites (tertiary alicyclic amines) is 1. The van der Waals surface area contributed by atoms with E-state index in [2.05, 4.69) is 0 Å². The SMILES string of the molecule is Cc1ccc2oc(C(=O)N3CCCC3C(O)c3ccccc3)cc2c1. The number of nitrogens with zero attached hydrogens (tertiary/aromatic N) is 1. The Kier molecular flexibility index (Phi) is 4.06. The lowest BCUT2D eigenvalue weighted by Crippen LogP contribution is -2.39. The molecule has 2 heterocycles. The van der Waals surface area contributed by atoms with Gasteiger partial charge in [-0.3, -0.25) is 4.79 Å². The Bertz CT molecular complexity index is 900. The smallest absolute Gasteiger partial charge is 0.289 e. The van der Waals surface area contributed by atoms with Crippen molar-refractivity contribution < 1.29 is 14.3 Å². The molecule has 25 heavy (non-hydrogen) atoms. The first-order chi connectivity index (χ1) is 12.1. The van der Waals surface area contributed by atoms with Crippen molar-refractivity contribution in [3.05, 3.63) is 71.5 Å². The van der Waals surface area contributed by atoms with Crippen LogP contribution in [0.3, 0.4) is 0 Å². The predicted octanol–water partition coefficient (Wildman–Crippen LogP) is 4.08. The van der Waals surface area contributed by atoms with E-state index in [-0.39, 0.29) is 11.9 Å². The van der Waals surface area contributed by atoms with Gasteiger partial charge in [-0.15, -0.1) is 0 Å². The van der Waals surface area contributed by atoms with Crippen LogP contribution in [0.15, 0.2) is 59.0 Å².